The third-order valence-corrected chi connectivity index (χ3v) is 3.98. The third kappa shape index (κ3) is 8.21. The zero-order valence-electron chi connectivity index (χ0n) is 14.5. The minimum absolute atomic E-state index is 0.136. The maximum atomic E-state index is 12.0. The van der Waals surface area contributed by atoms with Gasteiger partial charge in [0.05, 0.1) is 18.5 Å². The smallest absolute Gasteiger partial charge is 0.326 e. The van der Waals surface area contributed by atoms with Crippen molar-refractivity contribution >= 4 is 23.6 Å². The van der Waals surface area contributed by atoms with Crippen LogP contribution in [-0.2, 0) is 14.3 Å². The van der Waals surface area contributed by atoms with Crippen LogP contribution in [0.2, 0.25) is 0 Å². The van der Waals surface area contributed by atoms with Crippen molar-refractivity contribution in [1.82, 2.24) is 5.32 Å². The van der Waals surface area contributed by atoms with Crippen LogP contribution in [0, 0.1) is 0 Å². The first kappa shape index (κ1) is 20.3. The number of hydrogen-bond donors (Lipinski definition) is 2. The van der Waals surface area contributed by atoms with Crippen molar-refractivity contribution in [3.8, 4) is 5.75 Å². The predicted molar refractivity (Wildman–Crippen MR) is 93.6 cm³/mol. The van der Waals surface area contributed by atoms with E-state index in [-0.39, 0.29) is 30.3 Å². The summed E-state index contributed by atoms with van der Waals surface area (Å²) in [5.74, 6) is -0.543. The predicted octanol–water partition coefficient (Wildman–Crippen LogP) is 2.56. The quantitative estimate of drug-likeness (QED) is 0.662. The largest absolute Gasteiger partial charge is 0.497 e. The molecule has 0 aromatic heterocycles. The van der Waals surface area contributed by atoms with E-state index < -0.39 is 12.0 Å². The molecule has 1 aromatic carbocycles. The molecule has 1 unspecified atom stereocenters. The van der Waals surface area contributed by atoms with E-state index in [0.29, 0.717) is 5.75 Å². The van der Waals surface area contributed by atoms with E-state index in [0.717, 1.165) is 4.90 Å². The van der Waals surface area contributed by atoms with Gasteiger partial charge in [-0.05, 0) is 39.0 Å². The number of benzene rings is 1. The Morgan fingerprint density at radius 3 is 2.62 bits per heavy atom. The van der Waals surface area contributed by atoms with Gasteiger partial charge in [0.1, 0.15) is 11.8 Å². The van der Waals surface area contributed by atoms with E-state index in [1.54, 1.807) is 7.11 Å². The average molecular weight is 355 g/mol. The number of ether oxygens (including phenoxy) is 2. The zero-order valence-corrected chi connectivity index (χ0v) is 15.3. The van der Waals surface area contributed by atoms with E-state index in [2.05, 4.69) is 5.32 Å². The lowest BCUT2D eigenvalue weighted by Gasteiger charge is -2.21. The summed E-state index contributed by atoms with van der Waals surface area (Å²) in [6.07, 6.45) is 0.224. The number of carbonyl (C=O) groups excluding carboxylic acids is 1. The van der Waals surface area contributed by atoms with Crippen molar-refractivity contribution < 1.29 is 24.2 Å². The fourth-order valence-corrected chi connectivity index (χ4v) is 2.57. The van der Waals surface area contributed by atoms with E-state index in [1.807, 2.05) is 45.0 Å². The molecule has 0 aliphatic heterocycles. The Morgan fingerprint density at radius 1 is 1.33 bits per heavy atom. The van der Waals surface area contributed by atoms with Crippen molar-refractivity contribution in [3.63, 3.8) is 0 Å². The van der Waals surface area contributed by atoms with Crippen molar-refractivity contribution in [1.29, 1.82) is 0 Å². The van der Waals surface area contributed by atoms with Crippen molar-refractivity contribution in [2.24, 2.45) is 0 Å². The molecule has 0 spiro atoms. The Morgan fingerprint density at radius 2 is 2.04 bits per heavy atom. The summed E-state index contributed by atoms with van der Waals surface area (Å²) in [6.45, 7) is 5.95. The van der Waals surface area contributed by atoms with E-state index >= 15 is 0 Å². The molecule has 1 amide bonds. The fourth-order valence-electron chi connectivity index (χ4n) is 1.82. The number of hydrogen-bond acceptors (Lipinski definition) is 5. The zero-order chi connectivity index (χ0) is 18.2. The minimum Gasteiger partial charge on any atom is -0.497 e. The topological polar surface area (TPSA) is 84.9 Å². The molecule has 6 nitrogen and oxygen atoms in total. The summed E-state index contributed by atoms with van der Waals surface area (Å²) < 4.78 is 10.6. The summed E-state index contributed by atoms with van der Waals surface area (Å²) >= 11 is 1.32. The van der Waals surface area contributed by atoms with Crippen LogP contribution in [0.4, 0.5) is 0 Å². The summed E-state index contributed by atoms with van der Waals surface area (Å²) in [5, 5.41) is 11.7. The van der Waals surface area contributed by atoms with Gasteiger partial charge in [0, 0.05) is 17.9 Å². The van der Waals surface area contributed by atoms with Gasteiger partial charge in [-0.25, -0.2) is 4.79 Å². The molecule has 0 heterocycles. The van der Waals surface area contributed by atoms with Crippen LogP contribution >= 0.6 is 11.8 Å². The fraction of sp³-hybridized carbons (Fsp3) is 0.529. The van der Waals surface area contributed by atoms with Crippen LogP contribution in [-0.4, -0.2) is 48.1 Å². The molecule has 0 radical (unpaired) electrons. The summed E-state index contributed by atoms with van der Waals surface area (Å²) in [4.78, 5) is 24.1. The molecule has 134 valence electrons. The van der Waals surface area contributed by atoms with Crippen LogP contribution in [0.1, 0.15) is 27.2 Å². The van der Waals surface area contributed by atoms with Gasteiger partial charge < -0.3 is 19.9 Å². The molecule has 0 saturated heterocycles. The molecule has 1 atom stereocenters. The normalized spacial score (nSPS) is 12.5. The summed E-state index contributed by atoms with van der Waals surface area (Å²) in [7, 11) is 1.58. The SMILES string of the molecule is COc1cccc(SCC(=O)NC(CCOC(C)(C)C)C(=O)O)c1. The Balaban J connectivity index is 2.45. The molecule has 24 heavy (non-hydrogen) atoms. The number of thioether (sulfide) groups is 1. The first-order valence-electron chi connectivity index (χ1n) is 7.64. The Bertz CT molecular complexity index is 556. The van der Waals surface area contributed by atoms with Gasteiger partial charge in [-0.15, -0.1) is 11.8 Å². The second-order valence-corrected chi connectivity index (χ2v) is 7.22. The van der Waals surface area contributed by atoms with E-state index in [4.69, 9.17) is 9.47 Å². The van der Waals surface area contributed by atoms with Crippen LogP contribution in [0.5, 0.6) is 5.75 Å². The van der Waals surface area contributed by atoms with Crippen LogP contribution in [0.25, 0.3) is 0 Å². The Hall–Kier alpha value is -1.73. The number of nitrogens with one attached hydrogen (secondary N) is 1. The molecule has 2 N–H and O–H groups in total. The highest BCUT2D eigenvalue weighted by Gasteiger charge is 2.21. The van der Waals surface area contributed by atoms with Crippen LogP contribution in [0.3, 0.4) is 0 Å². The number of carboxylic acids is 1. The van der Waals surface area contributed by atoms with Crippen LogP contribution in [0.15, 0.2) is 29.2 Å². The minimum atomic E-state index is -1.06. The van der Waals surface area contributed by atoms with Gasteiger partial charge in [0.2, 0.25) is 5.91 Å². The van der Waals surface area contributed by atoms with Crippen molar-refractivity contribution in [2.75, 3.05) is 19.5 Å². The van der Waals surface area contributed by atoms with E-state index in [1.165, 1.54) is 11.8 Å². The third-order valence-electron chi connectivity index (χ3n) is 2.99. The summed E-state index contributed by atoms with van der Waals surface area (Å²) in [5.41, 5.74) is -0.338. The Labute approximate surface area is 146 Å². The Kier molecular flexibility index (Phi) is 8.07. The van der Waals surface area contributed by atoms with Crippen molar-refractivity contribution in [2.45, 2.75) is 43.7 Å². The molecule has 0 bridgehead atoms. The van der Waals surface area contributed by atoms with Crippen LogP contribution < -0.4 is 10.1 Å². The molecule has 0 saturated carbocycles. The molecule has 0 fully saturated rings. The molecule has 1 rings (SSSR count). The maximum Gasteiger partial charge on any atom is 0.326 e. The number of methoxy groups -OCH3 is 1. The summed E-state index contributed by atoms with van der Waals surface area (Å²) in [6, 6.07) is 6.39. The van der Waals surface area contributed by atoms with Gasteiger partial charge in [0.15, 0.2) is 0 Å². The highest BCUT2D eigenvalue weighted by Crippen LogP contribution is 2.22. The molecule has 7 heteroatoms. The van der Waals surface area contributed by atoms with Gasteiger partial charge >= 0.3 is 5.97 Å². The highest BCUT2D eigenvalue weighted by molar-refractivity contribution is 8.00. The van der Waals surface area contributed by atoms with Gasteiger partial charge in [-0.2, -0.15) is 0 Å². The second kappa shape index (κ2) is 9.54. The lowest BCUT2D eigenvalue weighted by molar-refractivity contribution is -0.142. The highest BCUT2D eigenvalue weighted by atomic mass is 32.2. The molecule has 0 aliphatic carbocycles. The number of rotatable bonds is 9. The van der Waals surface area contributed by atoms with Crippen molar-refractivity contribution in [3.05, 3.63) is 24.3 Å². The maximum absolute atomic E-state index is 12.0. The number of carboxylic acid groups (broad SMARTS) is 1. The molecule has 0 aliphatic rings. The number of amides is 1. The van der Waals surface area contributed by atoms with Gasteiger partial charge in [-0.1, -0.05) is 6.07 Å². The first-order chi connectivity index (χ1) is 11.2. The lowest BCUT2D eigenvalue weighted by atomic mass is 10.2. The first-order valence-corrected chi connectivity index (χ1v) is 8.63. The average Bonchev–Trinajstić information content (AvgIpc) is 2.51. The molecular formula is C17H25NO5S. The number of carbonyl (C=O) groups is 2. The lowest BCUT2D eigenvalue weighted by Crippen LogP contribution is -2.42. The molecular weight excluding hydrogens is 330 g/mol. The standard InChI is InChI=1S/C17H25NO5S/c1-17(2,3)23-9-8-14(16(20)21)18-15(19)11-24-13-7-5-6-12(10-13)22-4/h5-7,10,14H,8-9,11H2,1-4H3,(H,18,19)(H,20,21). The van der Waals surface area contributed by atoms with E-state index in [9.17, 15) is 14.7 Å². The molecule has 1 aromatic rings. The number of aliphatic carboxylic acids is 1. The van der Waals surface area contributed by atoms with Gasteiger partial charge in [-0.3, -0.25) is 4.79 Å². The second-order valence-electron chi connectivity index (χ2n) is 6.18. The monoisotopic (exact) mass is 355 g/mol. The van der Waals surface area contributed by atoms with Gasteiger partial charge in [0.25, 0.3) is 0 Å².